The Hall–Kier alpha value is -1.07. The van der Waals surface area contributed by atoms with Crippen molar-refractivity contribution in [2.45, 2.75) is 17.0 Å². The number of anilines is 2. The number of carbonyl (C=O) groups is 1. The molecule has 1 unspecified atom stereocenters. The number of rotatable bonds is 3. The van der Waals surface area contributed by atoms with E-state index in [-0.39, 0.29) is 5.69 Å². The number of benzene rings is 1. The van der Waals surface area contributed by atoms with E-state index in [9.17, 15) is 23.2 Å². The van der Waals surface area contributed by atoms with E-state index in [0.29, 0.717) is 6.07 Å². The van der Waals surface area contributed by atoms with Gasteiger partial charge in [-0.2, -0.15) is 13.2 Å². The van der Waals surface area contributed by atoms with Gasteiger partial charge in [-0.3, -0.25) is 10.0 Å². The minimum Gasteiger partial charge on any atom is -0.733 e. The molecule has 1 rings (SSSR count). The molecule has 19 heavy (non-hydrogen) atoms. The molecule has 1 aromatic carbocycles. The molecule has 0 spiro atoms. The van der Waals surface area contributed by atoms with Crippen molar-refractivity contribution in [1.82, 2.24) is 0 Å². The lowest BCUT2D eigenvalue weighted by molar-refractivity contribution is -0.137. The van der Waals surface area contributed by atoms with E-state index in [4.69, 9.17) is 5.21 Å². The van der Waals surface area contributed by atoms with Crippen LogP contribution in [0.2, 0.25) is 0 Å². The molecule has 1 aromatic rings. The monoisotopic (exact) mass is 389 g/mol. The Morgan fingerprint density at radius 1 is 1.53 bits per heavy atom. The molecule has 0 aliphatic heterocycles. The summed E-state index contributed by atoms with van der Waals surface area (Å²) in [4.78, 5) is 11.4. The molecule has 0 bridgehead atoms. The fourth-order valence-electron chi connectivity index (χ4n) is 1.25. The van der Waals surface area contributed by atoms with Gasteiger partial charge in [-0.25, -0.2) is 0 Å². The van der Waals surface area contributed by atoms with Crippen molar-refractivity contribution < 1.29 is 23.2 Å². The highest BCUT2D eigenvalue weighted by Crippen LogP contribution is 2.37. The van der Waals surface area contributed by atoms with Gasteiger partial charge >= 0.3 is 6.18 Å². The standard InChI is InChI=1S/C10H9F3IN2O3/c1-5(14)9(17)15-6-2-3-8(16(18)19)7(4-6)10(11,12)13/h2-5,18H,1H3,(H,15,17)/q-1. The number of nitrogens with zero attached hydrogens (tertiary/aromatic N) is 1. The summed E-state index contributed by atoms with van der Waals surface area (Å²) < 4.78 is 37.7. The maximum atomic E-state index is 12.7. The molecule has 0 saturated carbocycles. The SMILES string of the molecule is CC(I)C(=O)Nc1ccc(N([O-])O)c(C(F)(F)F)c1. The first-order valence-electron chi connectivity index (χ1n) is 4.95. The summed E-state index contributed by atoms with van der Waals surface area (Å²) in [6.07, 6.45) is -4.82. The third-order valence-corrected chi connectivity index (χ3v) is 2.70. The highest BCUT2D eigenvalue weighted by Gasteiger charge is 2.34. The Balaban J connectivity index is 3.16. The first-order chi connectivity index (χ1) is 8.62. The van der Waals surface area contributed by atoms with Crippen molar-refractivity contribution in [2.75, 3.05) is 10.5 Å². The van der Waals surface area contributed by atoms with Gasteiger partial charge in [-0.1, -0.05) is 22.6 Å². The van der Waals surface area contributed by atoms with Crippen molar-refractivity contribution >= 4 is 39.9 Å². The zero-order valence-corrected chi connectivity index (χ0v) is 11.7. The number of carbonyl (C=O) groups excluding carboxylic acids is 1. The van der Waals surface area contributed by atoms with E-state index < -0.39 is 32.5 Å². The summed E-state index contributed by atoms with van der Waals surface area (Å²) in [6, 6.07) is 2.47. The maximum absolute atomic E-state index is 12.7. The Labute approximate surface area is 120 Å². The molecule has 0 saturated heterocycles. The molecule has 9 heteroatoms. The van der Waals surface area contributed by atoms with Crippen molar-refractivity contribution in [3.8, 4) is 0 Å². The normalized spacial score (nSPS) is 13.0. The van der Waals surface area contributed by atoms with Crippen LogP contribution in [-0.2, 0) is 11.0 Å². The van der Waals surface area contributed by atoms with Gasteiger partial charge in [0.2, 0.25) is 5.91 Å². The van der Waals surface area contributed by atoms with Gasteiger partial charge in [-0.05, 0) is 25.1 Å². The Kier molecular flexibility index (Phi) is 4.98. The second-order valence-electron chi connectivity index (χ2n) is 3.61. The summed E-state index contributed by atoms with van der Waals surface area (Å²) >= 11 is 1.80. The van der Waals surface area contributed by atoms with Crippen LogP contribution in [0, 0.1) is 5.21 Å². The smallest absolute Gasteiger partial charge is 0.418 e. The van der Waals surface area contributed by atoms with Gasteiger partial charge in [0.05, 0.1) is 15.2 Å². The van der Waals surface area contributed by atoms with Crippen LogP contribution in [-0.4, -0.2) is 15.0 Å². The third kappa shape index (κ3) is 4.21. The molecule has 0 aliphatic rings. The Bertz CT molecular complexity index is 478. The first kappa shape index (κ1) is 16.0. The van der Waals surface area contributed by atoms with Crippen LogP contribution in [0.15, 0.2) is 18.2 Å². The second-order valence-corrected chi connectivity index (χ2v) is 5.48. The molecular formula is C10H9F3IN2O3-. The minimum atomic E-state index is -4.82. The van der Waals surface area contributed by atoms with Crippen LogP contribution >= 0.6 is 22.6 Å². The lowest BCUT2D eigenvalue weighted by Gasteiger charge is -2.26. The molecule has 106 valence electrons. The molecule has 0 radical (unpaired) electrons. The topological polar surface area (TPSA) is 75.6 Å². The first-order valence-corrected chi connectivity index (χ1v) is 6.20. The van der Waals surface area contributed by atoms with Gasteiger partial charge in [0.25, 0.3) is 0 Å². The highest BCUT2D eigenvalue weighted by atomic mass is 127. The van der Waals surface area contributed by atoms with Gasteiger partial charge in [-0.15, -0.1) is 0 Å². The number of nitrogens with one attached hydrogen (secondary N) is 1. The van der Waals surface area contributed by atoms with Gasteiger partial charge in [0.15, 0.2) is 0 Å². The van der Waals surface area contributed by atoms with Crippen LogP contribution in [0.5, 0.6) is 0 Å². The van der Waals surface area contributed by atoms with Crippen LogP contribution in [0.1, 0.15) is 12.5 Å². The van der Waals surface area contributed by atoms with Crippen molar-refractivity contribution in [1.29, 1.82) is 0 Å². The molecule has 1 atom stereocenters. The second kappa shape index (κ2) is 5.92. The average molecular weight is 389 g/mol. The van der Waals surface area contributed by atoms with Crippen molar-refractivity contribution in [2.24, 2.45) is 0 Å². The Morgan fingerprint density at radius 2 is 2.11 bits per heavy atom. The maximum Gasteiger partial charge on any atom is 0.418 e. The zero-order valence-electron chi connectivity index (χ0n) is 9.53. The molecule has 1 amide bonds. The van der Waals surface area contributed by atoms with Gasteiger partial charge in [0.1, 0.15) is 0 Å². The molecule has 0 aromatic heterocycles. The van der Waals surface area contributed by atoms with E-state index in [0.717, 1.165) is 12.1 Å². The van der Waals surface area contributed by atoms with E-state index in [1.165, 1.54) is 0 Å². The minimum absolute atomic E-state index is 0.105. The van der Waals surface area contributed by atoms with E-state index in [2.05, 4.69) is 5.32 Å². The molecule has 0 fully saturated rings. The summed E-state index contributed by atoms with van der Waals surface area (Å²) in [5.74, 6) is -0.468. The lowest BCUT2D eigenvalue weighted by Crippen LogP contribution is -2.21. The quantitative estimate of drug-likeness (QED) is 0.473. The lowest BCUT2D eigenvalue weighted by atomic mass is 10.1. The van der Waals surface area contributed by atoms with Crippen LogP contribution in [0.4, 0.5) is 24.5 Å². The fraction of sp³-hybridized carbons (Fsp3) is 0.300. The van der Waals surface area contributed by atoms with E-state index in [1.807, 2.05) is 0 Å². The van der Waals surface area contributed by atoms with E-state index >= 15 is 0 Å². The number of hydrogen-bond acceptors (Lipinski definition) is 4. The molecule has 0 aliphatic carbocycles. The van der Waals surface area contributed by atoms with Gasteiger partial charge in [0, 0.05) is 5.69 Å². The fourth-order valence-corrected chi connectivity index (χ4v) is 1.41. The van der Waals surface area contributed by atoms with Crippen molar-refractivity contribution in [3.63, 3.8) is 0 Å². The summed E-state index contributed by atoms with van der Waals surface area (Å²) in [5, 5.41) is 20.7. The molecule has 0 heterocycles. The summed E-state index contributed by atoms with van der Waals surface area (Å²) in [7, 11) is 0. The molecule has 5 nitrogen and oxygen atoms in total. The predicted molar refractivity (Wildman–Crippen MR) is 71.2 cm³/mol. The van der Waals surface area contributed by atoms with Crippen molar-refractivity contribution in [3.05, 3.63) is 29.0 Å². The third-order valence-electron chi connectivity index (χ3n) is 2.14. The van der Waals surface area contributed by atoms with E-state index in [1.54, 1.807) is 29.5 Å². The molecular weight excluding hydrogens is 380 g/mol. The Morgan fingerprint density at radius 3 is 2.53 bits per heavy atom. The number of hydrogen-bond donors (Lipinski definition) is 2. The average Bonchev–Trinajstić information content (AvgIpc) is 2.27. The highest BCUT2D eigenvalue weighted by molar-refractivity contribution is 14.1. The van der Waals surface area contributed by atoms with Crippen LogP contribution < -0.4 is 10.5 Å². The number of amides is 1. The number of halogens is 4. The predicted octanol–water partition coefficient (Wildman–Crippen LogP) is 3.16. The molecule has 2 N–H and O–H groups in total. The summed E-state index contributed by atoms with van der Waals surface area (Å²) in [5.41, 5.74) is -2.37. The summed E-state index contributed by atoms with van der Waals surface area (Å²) in [6.45, 7) is 1.57. The largest absolute Gasteiger partial charge is 0.733 e. The number of alkyl halides is 4. The zero-order chi connectivity index (χ0) is 14.8. The van der Waals surface area contributed by atoms with Gasteiger partial charge < -0.3 is 15.8 Å². The van der Waals surface area contributed by atoms with Crippen LogP contribution in [0.3, 0.4) is 0 Å². The van der Waals surface area contributed by atoms with Crippen LogP contribution in [0.25, 0.3) is 0 Å².